The summed E-state index contributed by atoms with van der Waals surface area (Å²) in [5.41, 5.74) is 2.21. The number of hydrogen-bond acceptors (Lipinski definition) is 4. The summed E-state index contributed by atoms with van der Waals surface area (Å²) in [4.78, 5) is 15.4. The number of rotatable bonds is 5. The Kier molecular flexibility index (Phi) is 5.23. The number of benzene rings is 2. The van der Waals surface area contributed by atoms with Crippen molar-refractivity contribution < 1.29 is 4.79 Å². The number of amides is 1. The number of amidine groups is 1. The highest BCUT2D eigenvalue weighted by molar-refractivity contribution is 8.15. The van der Waals surface area contributed by atoms with Gasteiger partial charge in [-0.1, -0.05) is 78.8 Å². The van der Waals surface area contributed by atoms with Crippen LogP contribution in [-0.2, 0) is 11.2 Å². The lowest BCUT2D eigenvalue weighted by molar-refractivity contribution is -0.128. The van der Waals surface area contributed by atoms with Crippen LogP contribution in [0.25, 0.3) is 0 Å². The zero-order valence-electron chi connectivity index (χ0n) is 16.4. The van der Waals surface area contributed by atoms with Crippen molar-refractivity contribution in [2.45, 2.75) is 43.4 Å². The molecule has 1 aliphatic heterocycles. The van der Waals surface area contributed by atoms with Gasteiger partial charge in [0.2, 0.25) is 5.91 Å². The lowest BCUT2D eigenvalue weighted by Crippen LogP contribution is -2.44. The van der Waals surface area contributed by atoms with Gasteiger partial charge in [-0.2, -0.15) is 5.10 Å². The van der Waals surface area contributed by atoms with Crippen molar-refractivity contribution in [1.29, 1.82) is 0 Å². The summed E-state index contributed by atoms with van der Waals surface area (Å²) >= 11 is 1.58. The number of nitrogens with zero attached hydrogens (tertiary/aromatic N) is 3. The first-order valence-corrected chi connectivity index (χ1v) is 11.4. The van der Waals surface area contributed by atoms with Gasteiger partial charge < -0.3 is 0 Å². The topological polar surface area (TPSA) is 45.0 Å². The van der Waals surface area contributed by atoms with E-state index in [1.807, 2.05) is 53.4 Å². The molecule has 2 aromatic carbocycles. The average molecular weight is 404 g/mol. The molecule has 2 aromatic rings. The van der Waals surface area contributed by atoms with E-state index in [0.717, 1.165) is 29.5 Å². The number of carbonyl (C=O) groups is 1. The summed E-state index contributed by atoms with van der Waals surface area (Å²) in [5.74, 6) is 1.62. The molecule has 0 radical (unpaired) electrons. The molecule has 1 heterocycles. The molecule has 2 aliphatic carbocycles. The van der Waals surface area contributed by atoms with E-state index in [-0.39, 0.29) is 11.2 Å². The average Bonchev–Trinajstić information content (AvgIpc) is 3.45. The van der Waals surface area contributed by atoms with Crippen LogP contribution in [0.3, 0.4) is 0 Å². The Morgan fingerprint density at radius 2 is 1.76 bits per heavy atom. The number of hydrogen-bond donors (Lipinski definition) is 0. The second-order valence-electron chi connectivity index (χ2n) is 8.28. The quantitative estimate of drug-likeness (QED) is 0.534. The van der Waals surface area contributed by atoms with Gasteiger partial charge in [0.1, 0.15) is 0 Å². The Balaban J connectivity index is 1.39. The molecule has 0 unspecified atom stereocenters. The monoisotopic (exact) mass is 403 g/mol. The Morgan fingerprint density at radius 3 is 2.45 bits per heavy atom. The minimum atomic E-state index is -0.109. The summed E-state index contributed by atoms with van der Waals surface area (Å²) in [6.45, 7) is 0. The van der Waals surface area contributed by atoms with E-state index < -0.39 is 0 Å². The molecule has 1 amide bonds. The summed E-state index contributed by atoms with van der Waals surface area (Å²) in [6.07, 6.45) is 7.46. The van der Waals surface area contributed by atoms with Crippen molar-refractivity contribution in [2.75, 3.05) is 0 Å². The second-order valence-corrected chi connectivity index (χ2v) is 9.45. The molecule has 0 spiro atoms. The molecule has 4 atom stereocenters. The highest BCUT2D eigenvalue weighted by Crippen LogP contribution is 2.49. The van der Waals surface area contributed by atoms with Gasteiger partial charge in [0.25, 0.3) is 0 Å². The lowest BCUT2D eigenvalue weighted by atomic mass is 9.94. The molecule has 3 fully saturated rings. The standard InChI is InChI=1S/C24H25N3OS/c28-23-22(15-17-7-3-1-4-8-17)29-24(26-25-16-18-9-5-2-6-10-18)27(23)21-14-19-11-12-20(21)13-19/h1-10,16,19-22H,11-15H2/b25-16-,26-24+/t19-,20-,21-,22-/m1/s1. The van der Waals surface area contributed by atoms with E-state index in [1.54, 1.807) is 18.0 Å². The van der Waals surface area contributed by atoms with E-state index in [0.29, 0.717) is 12.0 Å². The maximum atomic E-state index is 13.4. The zero-order chi connectivity index (χ0) is 19.6. The Bertz CT molecular complexity index is 928. The number of fused-ring (bicyclic) bond motifs is 2. The lowest BCUT2D eigenvalue weighted by Gasteiger charge is -2.30. The van der Waals surface area contributed by atoms with Gasteiger partial charge in [0.15, 0.2) is 5.17 Å². The van der Waals surface area contributed by atoms with Gasteiger partial charge in [-0.15, -0.1) is 5.10 Å². The Hall–Kier alpha value is -2.40. The first-order valence-electron chi connectivity index (χ1n) is 10.5. The first-order chi connectivity index (χ1) is 14.3. The van der Waals surface area contributed by atoms with Gasteiger partial charge in [0, 0.05) is 6.04 Å². The van der Waals surface area contributed by atoms with Crippen LogP contribution in [0.1, 0.15) is 36.8 Å². The fraction of sp³-hybridized carbons (Fsp3) is 0.375. The van der Waals surface area contributed by atoms with Gasteiger partial charge >= 0.3 is 0 Å². The van der Waals surface area contributed by atoms with Gasteiger partial charge in [-0.25, -0.2) is 0 Å². The van der Waals surface area contributed by atoms with E-state index in [2.05, 4.69) is 22.3 Å². The Morgan fingerprint density at radius 1 is 1.00 bits per heavy atom. The third-order valence-corrected chi connectivity index (χ3v) is 7.55. The van der Waals surface area contributed by atoms with Crippen molar-refractivity contribution in [3.63, 3.8) is 0 Å². The van der Waals surface area contributed by atoms with Crippen LogP contribution in [0.2, 0.25) is 0 Å². The molecular weight excluding hydrogens is 378 g/mol. The van der Waals surface area contributed by atoms with Crippen LogP contribution in [0.15, 0.2) is 70.9 Å². The molecule has 0 aromatic heterocycles. The summed E-state index contributed by atoms with van der Waals surface area (Å²) in [7, 11) is 0. The normalized spacial score (nSPS) is 30.1. The van der Waals surface area contributed by atoms with Gasteiger partial charge in [-0.3, -0.25) is 9.69 Å². The second kappa shape index (κ2) is 8.15. The van der Waals surface area contributed by atoms with Crippen LogP contribution in [0, 0.1) is 11.8 Å². The van der Waals surface area contributed by atoms with Crippen LogP contribution in [0.5, 0.6) is 0 Å². The van der Waals surface area contributed by atoms with Crippen LogP contribution in [-0.4, -0.2) is 33.5 Å². The largest absolute Gasteiger partial charge is 0.285 e. The molecule has 1 saturated heterocycles. The minimum Gasteiger partial charge on any atom is -0.285 e. The highest BCUT2D eigenvalue weighted by Gasteiger charge is 2.49. The van der Waals surface area contributed by atoms with Crippen molar-refractivity contribution in [3.05, 3.63) is 71.8 Å². The molecule has 5 heteroatoms. The van der Waals surface area contributed by atoms with E-state index in [1.165, 1.54) is 24.8 Å². The summed E-state index contributed by atoms with van der Waals surface area (Å²) < 4.78 is 0. The predicted octanol–water partition coefficient (Wildman–Crippen LogP) is 4.75. The van der Waals surface area contributed by atoms with Gasteiger partial charge in [-0.05, 0) is 48.6 Å². The maximum Gasteiger partial charge on any atom is 0.242 e. The molecular formula is C24H25N3OS. The molecule has 29 heavy (non-hydrogen) atoms. The maximum absolute atomic E-state index is 13.4. The molecule has 4 nitrogen and oxygen atoms in total. The molecule has 2 saturated carbocycles. The fourth-order valence-electron chi connectivity index (χ4n) is 5.03. The number of carbonyl (C=O) groups excluding carboxylic acids is 1. The van der Waals surface area contributed by atoms with Crippen molar-refractivity contribution >= 4 is 29.1 Å². The molecule has 2 bridgehead atoms. The first kappa shape index (κ1) is 18.6. The predicted molar refractivity (Wildman–Crippen MR) is 119 cm³/mol. The SMILES string of the molecule is O=C1[C@@H](Cc2ccccc2)S/C(=N/N=C\c2ccccc2)N1[C@@H]1C[C@@H]2CC[C@@H]1C2. The molecule has 148 valence electrons. The molecule has 5 rings (SSSR count). The third-order valence-electron chi connectivity index (χ3n) is 6.41. The van der Waals surface area contributed by atoms with Crippen LogP contribution < -0.4 is 0 Å². The Labute approximate surface area is 176 Å². The van der Waals surface area contributed by atoms with Gasteiger partial charge in [0.05, 0.1) is 11.5 Å². The number of thioether (sulfide) groups is 1. The van der Waals surface area contributed by atoms with Crippen LogP contribution in [0.4, 0.5) is 0 Å². The van der Waals surface area contributed by atoms with E-state index in [9.17, 15) is 4.79 Å². The van der Waals surface area contributed by atoms with E-state index >= 15 is 0 Å². The highest BCUT2D eigenvalue weighted by atomic mass is 32.2. The summed E-state index contributed by atoms with van der Waals surface area (Å²) in [6, 6.07) is 20.5. The van der Waals surface area contributed by atoms with Crippen molar-refractivity contribution in [1.82, 2.24) is 4.90 Å². The van der Waals surface area contributed by atoms with Crippen molar-refractivity contribution in [2.24, 2.45) is 22.0 Å². The van der Waals surface area contributed by atoms with Crippen molar-refractivity contribution in [3.8, 4) is 0 Å². The smallest absolute Gasteiger partial charge is 0.242 e. The molecule has 3 aliphatic rings. The third kappa shape index (κ3) is 3.88. The van der Waals surface area contributed by atoms with Crippen LogP contribution >= 0.6 is 11.8 Å². The molecule has 0 N–H and O–H groups in total. The van der Waals surface area contributed by atoms with E-state index in [4.69, 9.17) is 0 Å². The minimum absolute atomic E-state index is 0.109. The zero-order valence-corrected chi connectivity index (χ0v) is 17.2. The summed E-state index contributed by atoms with van der Waals surface area (Å²) in [5, 5.41) is 9.53. The fourth-order valence-corrected chi connectivity index (χ4v) is 6.21.